The maximum absolute atomic E-state index is 13.5. The molecule has 2 saturated heterocycles. The summed E-state index contributed by atoms with van der Waals surface area (Å²) in [5, 5.41) is 12.3. The van der Waals surface area contributed by atoms with Gasteiger partial charge in [-0.2, -0.15) is 5.26 Å². The van der Waals surface area contributed by atoms with E-state index in [1.165, 1.54) is 9.21 Å². The standard InChI is InChI=1S/C22H33FN4O4S.ClH/c1-21(2)15-3-6-22(21,19(28)9-15)14-32(30,31)26-7-4-17(5-8-26)25-12-20(29)27-13-16(23)10-18(27)11-24;/h15-18,25H,3-10,12-14H2,1-2H3;1H/t15-,16-,18?,22+;/m0./s1. The highest BCUT2D eigenvalue weighted by Gasteiger charge is 2.65. The van der Waals surface area contributed by atoms with Gasteiger partial charge in [0.15, 0.2) is 0 Å². The average molecular weight is 505 g/mol. The number of amides is 1. The third-order valence-corrected chi connectivity index (χ3v) is 10.7. The maximum atomic E-state index is 13.5. The quantitative estimate of drug-likeness (QED) is 0.589. The summed E-state index contributed by atoms with van der Waals surface area (Å²) in [5.41, 5.74) is -1.05. The number of hydrogen-bond acceptors (Lipinski definition) is 6. The Balaban J connectivity index is 0.00000306. The van der Waals surface area contributed by atoms with Crippen molar-refractivity contribution in [1.29, 1.82) is 5.26 Å². The molecule has 33 heavy (non-hydrogen) atoms. The number of Topliss-reactive ketones (excluding diaryl/α,β-unsaturated/α-hetero) is 1. The molecule has 8 nitrogen and oxygen atoms in total. The van der Waals surface area contributed by atoms with Crippen LogP contribution in [0.2, 0.25) is 0 Å². The second-order valence-corrected chi connectivity index (χ2v) is 12.5. The summed E-state index contributed by atoms with van der Waals surface area (Å²) in [7, 11) is -3.57. The van der Waals surface area contributed by atoms with Crippen LogP contribution in [0, 0.1) is 28.1 Å². The lowest BCUT2D eigenvalue weighted by molar-refractivity contribution is -0.130. The van der Waals surface area contributed by atoms with Gasteiger partial charge in [-0.25, -0.2) is 17.1 Å². The molecule has 4 rings (SSSR count). The largest absolute Gasteiger partial charge is 0.323 e. The van der Waals surface area contributed by atoms with Gasteiger partial charge in [0.25, 0.3) is 0 Å². The minimum Gasteiger partial charge on any atom is -0.323 e. The summed E-state index contributed by atoms with van der Waals surface area (Å²) >= 11 is 0. The zero-order valence-electron chi connectivity index (χ0n) is 19.3. The Labute approximate surface area is 201 Å². The number of nitrogens with one attached hydrogen (secondary N) is 1. The lowest BCUT2D eigenvalue weighted by atomic mass is 9.70. The van der Waals surface area contributed by atoms with Crippen molar-refractivity contribution < 1.29 is 22.4 Å². The Bertz CT molecular complexity index is 931. The molecule has 2 bridgehead atoms. The Morgan fingerprint density at radius 1 is 1.27 bits per heavy atom. The number of rotatable bonds is 6. The summed E-state index contributed by atoms with van der Waals surface area (Å²) in [4.78, 5) is 26.4. The topological polar surface area (TPSA) is 111 Å². The van der Waals surface area contributed by atoms with E-state index in [9.17, 15) is 22.4 Å². The molecule has 0 radical (unpaired) electrons. The number of nitrogens with zero attached hydrogens (tertiary/aromatic N) is 3. The van der Waals surface area contributed by atoms with Crippen LogP contribution in [0.15, 0.2) is 0 Å². The lowest BCUT2D eigenvalue weighted by Crippen LogP contribution is -2.51. The number of alkyl halides is 1. The molecule has 2 aliphatic heterocycles. The number of carbonyl (C=O) groups is 2. The van der Waals surface area contributed by atoms with E-state index in [4.69, 9.17) is 5.26 Å². The van der Waals surface area contributed by atoms with E-state index < -0.39 is 27.7 Å². The van der Waals surface area contributed by atoms with Crippen LogP contribution in [0.1, 0.15) is 52.4 Å². The van der Waals surface area contributed by atoms with Crippen molar-refractivity contribution in [1.82, 2.24) is 14.5 Å². The van der Waals surface area contributed by atoms with Crippen LogP contribution in [0.3, 0.4) is 0 Å². The molecule has 2 saturated carbocycles. The molecule has 1 unspecified atom stereocenters. The third-order valence-electron chi connectivity index (χ3n) is 8.68. The number of hydrogen-bond donors (Lipinski definition) is 1. The van der Waals surface area contributed by atoms with Gasteiger partial charge >= 0.3 is 0 Å². The maximum Gasteiger partial charge on any atom is 0.237 e. The number of piperidine rings is 1. The molecule has 4 aliphatic rings. The minimum atomic E-state index is -3.57. The fraction of sp³-hybridized carbons (Fsp3) is 0.864. The monoisotopic (exact) mass is 504 g/mol. The van der Waals surface area contributed by atoms with Crippen molar-refractivity contribution in [2.24, 2.45) is 16.7 Å². The summed E-state index contributed by atoms with van der Waals surface area (Å²) < 4.78 is 41.5. The highest BCUT2D eigenvalue weighted by molar-refractivity contribution is 7.89. The summed E-state index contributed by atoms with van der Waals surface area (Å²) in [6, 6.07) is 1.24. The van der Waals surface area contributed by atoms with Gasteiger partial charge in [0.1, 0.15) is 18.0 Å². The molecule has 4 fully saturated rings. The van der Waals surface area contributed by atoms with Gasteiger partial charge in [0.2, 0.25) is 15.9 Å². The molecule has 4 atom stereocenters. The van der Waals surface area contributed by atoms with E-state index in [1.54, 1.807) is 0 Å². The predicted octanol–water partition coefficient (Wildman–Crippen LogP) is 1.65. The highest BCUT2D eigenvalue weighted by atomic mass is 35.5. The molecular formula is C22H34ClFN4O4S. The number of nitriles is 1. The molecule has 1 amide bonds. The minimum absolute atomic E-state index is 0. The summed E-state index contributed by atoms with van der Waals surface area (Å²) in [5.74, 6) is -0.0240. The van der Waals surface area contributed by atoms with Gasteiger partial charge in [-0.15, -0.1) is 12.4 Å². The number of carbonyl (C=O) groups excluding carboxylic acids is 2. The van der Waals surface area contributed by atoms with Crippen LogP contribution in [-0.2, 0) is 19.6 Å². The third kappa shape index (κ3) is 4.54. The molecule has 0 aromatic rings. The normalized spacial score (nSPS) is 34.3. The number of sulfonamides is 1. The first kappa shape index (κ1) is 26.3. The Hall–Kier alpha value is -1.28. The second-order valence-electron chi connectivity index (χ2n) is 10.5. The van der Waals surface area contributed by atoms with Crippen molar-refractivity contribution in [3.63, 3.8) is 0 Å². The van der Waals surface area contributed by atoms with Crippen molar-refractivity contribution in [3.05, 3.63) is 0 Å². The van der Waals surface area contributed by atoms with E-state index in [0.29, 0.717) is 38.8 Å². The number of likely N-dealkylation sites (tertiary alicyclic amines) is 1. The van der Waals surface area contributed by atoms with Gasteiger partial charge in [0, 0.05) is 37.4 Å². The predicted molar refractivity (Wildman–Crippen MR) is 123 cm³/mol. The van der Waals surface area contributed by atoms with Gasteiger partial charge in [-0.05, 0) is 37.0 Å². The fourth-order valence-electron chi connectivity index (χ4n) is 6.36. The molecule has 1 N–H and O–H groups in total. The first-order valence-electron chi connectivity index (χ1n) is 11.6. The van der Waals surface area contributed by atoms with Gasteiger partial charge in [0.05, 0.1) is 24.9 Å². The van der Waals surface area contributed by atoms with Crippen LogP contribution in [0.4, 0.5) is 4.39 Å². The highest BCUT2D eigenvalue weighted by Crippen LogP contribution is 2.64. The smallest absolute Gasteiger partial charge is 0.237 e. The Kier molecular flexibility index (Phi) is 7.50. The molecular weight excluding hydrogens is 471 g/mol. The zero-order chi connectivity index (χ0) is 23.3. The first-order chi connectivity index (χ1) is 15.0. The SMILES string of the molecule is CC1(C)[C@H]2CC[C@@]1(CS(=O)(=O)N1CCC(NCC(=O)N3C[C@@H](F)CC3C#N)CC1)C(=O)C2.Cl. The van der Waals surface area contributed by atoms with Crippen LogP contribution >= 0.6 is 12.4 Å². The number of fused-ring (bicyclic) bond motifs is 2. The van der Waals surface area contributed by atoms with E-state index in [2.05, 4.69) is 5.32 Å². The average Bonchev–Trinajstić information content (AvgIpc) is 3.30. The first-order valence-corrected chi connectivity index (χ1v) is 13.2. The lowest BCUT2D eigenvalue weighted by Gasteiger charge is -2.39. The van der Waals surface area contributed by atoms with E-state index in [-0.39, 0.29) is 66.7 Å². The molecule has 186 valence electrons. The van der Waals surface area contributed by atoms with Crippen LogP contribution in [0.25, 0.3) is 0 Å². The molecule has 0 spiro atoms. The van der Waals surface area contributed by atoms with E-state index in [1.807, 2.05) is 19.9 Å². The summed E-state index contributed by atoms with van der Waals surface area (Å²) in [6.07, 6.45) is 2.09. The Morgan fingerprint density at radius 2 is 1.94 bits per heavy atom. The van der Waals surface area contributed by atoms with Crippen LogP contribution in [-0.4, -0.2) is 79.5 Å². The Morgan fingerprint density at radius 3 is 2.48 bits per heavy atom. The summed E-state index contributed by atoms with van der Waals surface area (Å²) in [6.45, 7) is 4.74. The van der Waals surface area contributed by atoms with Gasteiger partial charge in [-0.3, -0.25) is 9.59 Å². The molecule has 2 aliphatic carbocycles. The van der Waals surface area contributed by atoms with E-state index in [0.717, 1.165) is 6.42 Å². The van der Waals surface area contributed by atoms with Crippen molar-refractivity contribution in [2.75, 3.05) is 31.9 Å². The molecule has 0 aromatic heterocycles. The number of ketones is 1. The zero-order valence-corrected chi connectivity index (χ0v) is 20.9. The van der Waals surface area contributed by atoms with Crippen LogP contribution < -0.4 is 5.32 Å². The number of halogens is 2. The van der Waals surface area contributed by atoms with Crippen molar-refractivity contribution in [2.45, 2.75) is 70.6 Å². The fourth-order valence-corrected chi connectivity index (χ4v) is 8.61. The van der Waals surface area contributed by atoms with Crippen molar-refractivity contribution >= 4 is 34.1 Å². The van der Waals surface area contributed by atoms with Gasteiger partial charge < -0.3 is 10.2 Å². The molecule has 0 aromatic carbocycles. The van der Waals surface area contributed by atoms with Crippen molar-refractivity contribution in [3.8, 4) is 6.07 Å². The molecule has 2 heterocycles. The van der Waals surface area contributed by atoms with E-state index >= 15 is 0 Å². The van der Waals surface area contributed by atoms with Gasteiger partial charge in [-0.1, -0.05) is 13.8 Å². The molecule has 11 heteroatoms. The second kappa shape index (κ2) is 9.40. The van der Waals surface area contributed by atoms with Crippen LogP contribution in [0.5, 0.6) is 0 Å².